The predicted molar refractivity (Wildman–Crippen MR) is 99.4 cm³/mol. The van der Waals surface area contributed by atoms with Gasteiger partial charge >= 0.3 is 0 Å². The van der Waals surface area contributed by atoms with Gasteiger partial charge in [-0.25, -0.2) is 4.68 Å². The van der Waals surface area contributed by atoms with Gasteiger partial charge in [0, 0.05) is 9.13 Å². The number of rotatable bonds is 5. The standard InChI is InChI=1S/C16H13IN6O3/c17-12-3-7-14(8-4-12)26-9-15(24)19-20-16(25)11-1-5-13(6-2-11)23-10-18-21-22-23/h1-8,10H,9H2,(H,19,24)(H,20,25). The Hall–Kier alpha value is -3.02. The number of ether oxygens (including phenoxy) is 1. The van der Waals surface area contributed by atoms with Gasteiger partial charge in [-0.2, -0.15) is 0 Å². The van der Waals surface area contributed by atoms with E-state index in [1.807, 2.05) is 12.1 Å². The number of hydrazine groups is 1. The van der Waals surface area contributed by atoms with Crippen LogP contribution in [0.5, 0.6) is 5.75 Å². The number of nitrogens with one attached hydrogen (secondary N) is 2. The molecule has 1 heterocycles. The number of carbonyl (C=O) groups excluding carboxylic acids is 2. The Morgan fingerprint density at radius 1 is 1.04 bits per heavy atom. The predicted octanol–water partition coefficient (Wildman–Crippen LogP) is 1.11. The van der Waals surface area contributed by atoms with E-state index < -0.39 is 11.8 Å². The highest BCUT2D eigenvalue weighted by Gasteiger charge is 2.08. The SMILES string of the molecule is O=C(COc1ccc(I)cc1)NNC(=O)c1ccc(-n2cnnn2)cc1. The van der Waals surface area contributed by atoms with Crippen molar-refractivity contribution in [1.29, 1.82) is 0 Å². The molecule has 0 fully saturated rings. The molecule has 26 heavy (non-hydrogen) atoms. The summed E-state index contributed by atoms with van der Waals surface area (Å²) in [6.45, 7) is -0.209. The van der Waals surface area contributed by atoms with Gasteiger partial charge in [0.15, 0.2) is 6.61 Å². The van der Waals surface area contributed by atoms with Crippen LogP contribution < -0.4 is 15.6 Å². The molecule has 2 N–H and O–H groups in total. The summed E-state index contributed by atoms with van der Waals surface area (Å²) in [5, 5.41) is 10.8. The zero-order valence-electron chi connectivity index (χ0n) is 13.3. The molecule has 2 amide bonds. The summed E-state index contributed by atoms with van der Waals surface area (Å²) in [6, 6.07) is 13.8. The van der Waals surface area contributed by atoms with E-state index in [-0.39, 0.29) is 6.61 Å². The average Bonchev–Trinajstić information content (AvgIpc) is 3.20. The molecule has 10 heteroatoms. The molecule has 0 radical (unpaired) electrons. The van der Waals surface area contributed by atoms with Gasteiger partial charge in [0.25, 0.3) is 11.8 Å². The zero-order chi connectivity index (χ0) is 18.4. The summed E-state index contributed by atoms with van der Waals surface area (Å²) in [4.78, 5) is 23.8. The minimum absolute atomic E-state index is 0.209. The third-order valence-electron chi connectivity index (χ3n) is 3.24. The molecule has 3 rings (SSSR count). The summed E-state index contributed by atoms with van der Waals surface area (Å²) in [5.41, 5.74) is 5.72. The van der Waals surface area contributed by atoms with Crippen molar-refractivity contribution in [3.05, 3.63) is 64.0 Å². The van der Waals surface area contributed by atoms with Gasteiger partial charge in [-0.1, -0.05) is 0 Å². The lowest BCUT2D eigenvalue weighted by atomic mass is 10.2. The molecule has 0 bridgehead atoms. The van der Waals surface area contributed by atoms with Crippen molar-refractivity contribution in [3.8, 4) is 11.4 Å². The Bertz CT molecular complexity index is 881. The minimum Gasteiger partial charge on any atom is -0.484 e. The first kappa shape index (κ1) is 17.8. The molecule has 0 aliphatic heterocycles. The van der Waals surface area contributed by atoms with Crippen molar-refractivity contribution in [2.24, 2.45) is 0 Å². The fraction of sp³-hybridized carbons (Fsp3) is 0.0625. The van der Waals surface area contributed by atoms with Crippen LogP contribution in [0.25, 0.3) is 5.69 Å². The second kappa shape index (κ2) is 8.38. The van der Waals surface area contributed by atoms with Crippen LogP contribution >= 0.6 is 22.6 Å². The Morgan fingerprint density at radius 2 is 1.77 bits per heavy atom. The second-order valence-electron chi connectivity index (χ2n) is 5.05. The largest absolute Gasteiger partial charge is 0.484 e. The fourth-order valence-electron chi connectivity index (χ4n) is 1.96. The summed E-state index contributed by atoms with van der Waals surface area (Å²) < 4.78 is 7.86. The number of halogens is 1. The molecule has 0 unspecified atom stereocenters. The number of tetrazole rings is 1. The van der Waals surface area contributed by atoms with Crippen molar-refractivity contribution in [2.75, 3.05) is 6.61 Å². The molecule has 3 aromatic rings. The third-order valence-corrected chi connectivity index (χ3v) is 3.96. The first-order valence-corrected chi connectivity index (χ1v) is 8.51. The van der Waals surface area contributed by atoms with Crippen LogP contribution in [0, 0.1) is 3.57 Å². The molecular formula is C16H13IN6O3. The van der Waals surface area contributed by atoms with E-state index in [9.17, 15) is 9.59 Å². The summed E-state index contributed by atoms with van der Waals surface area (Å²) in [6.07, 6.45) is 1.45. The molecule has 0 aliphatic rings. The lowest BCUT2D eigenvalue weighted by molar-refractivity contribution is -0.123. The van der Waals surface area contributed by atoms with Crippen LogP contribution in [0.15, 0.2) is 54.9 Å². The number of carbonyl (C=O) groups is 2. The molecule has 0 saturated heterocycles. The van der Waals surface area contributed by atoms with Gasteiger partial charge in [0.2, 0.25) is 0 Å². The molecule has 0 spiro atoms. The maximum Gasteiger partial charge on any atom is 0.276 e. The van der Waals surface area contributed by atoms with Gasteiger partial charge in [-0.05, 0) is 81.5 Å². The van der Waals surface area contributed by atoms with E-state index in [0.29, 0.717) is 17.0 Å². The van der Waals surface area contributed by atoms with Gasteiger partial charge in [-0.15, -0.1) is 5.10 Å². The van der Waals surface area contributed by atoms with Crippen LogP contribution in [-0.2, 0) is 4.79 Å². The van der Waals surface area contributed by atoms with Crippen LogP contribution in [0.1, 0.15) is 10.4 Å². The number of aromatic nitrogens is 4. The Kier molecular flexibility index (Phi) is 5.73. The van der Waals surface area contributed by atoms with Crippen LogP contribution in [0.3, 0.4) is 0 Å². The first-order chi connectivity index (χ1) is 12.6. The molecule has 132 valence electrons. The topological polar surface area (TPSA) is 111 Å². The highest BCUT2D eigenvalue weighted by atomic mass is 127. The number of benzene rings is 2. The zero-order valence-corrected chi connectivity index (χ0v) is 15.5. The molecule has 2 aromatic carbocycles. The molecule has 0 aliphatic carbocycles. The Labute approximate surface area is 161 Å². The molecule has 1 aromatic heterocycles. The lowest BCUT2D eigenvalue weighted by Crippen LogP contribution is -2.43. The van der Waals surface area contributed by atoms with E-state index in [4.69, 9.17) is 4.74 Å². The van der Waals surface area contributed by atoms with E-state index >= 15 is 0 Å². The normalized spacial score (nSPS) is 10.2. The van der Waals surface area contributed by atoms with Gasteiger partial charge in [0.1, 0.15) is 12.1 Å². The first-order valence-electron chi connectivity index (χ1n) is 7.43. The van der Waals surface area contributed by atoms with Gasteiger partial charge in [0.05, 0.1) is 5.69 Å². The van der Waals surface area contributed by atoms with Gasteiger partial charge in [-0.3, -0.25) is 20.4 Å². The number of hydrogen-bond acceptors (Lipinski definition) is 6. The third kappa shape index (κ3) is 4.75. The minimum atomic E-state index is -0.470. The van der Waals surface area contributed by atoms with Crippen LogP contribution in [0.4, 0.5) is 0 Å². The number of hydrogen-bond donors (Lipinski definition) is 2. The molecule has 0 atom stereocenters. The van der Waals surface area contributed by atoms with Crippen molar-refractivity contribution in [1.82, 2.24) is 31.1 Å². The van der Waals surface area contributed by atoms with Crippen molar-refractivity contribution < 1.29 is 14.3 Å². The molecule has 9 nitrogen and oxygen atoms in total. The monoisotopic (exact) mass is 464 g/mol. The summed E-state index contributed by atoms with van der Waals surface area (Å²) >= 11 is 2.18. The van der Waals surface area contributed by atoms with E-state index in [0.717, 1.165) is 3.57 Å². The highest BCUT2D eigenvalue weighted by Crippen LogP contribution is 2.13. The highest BCUT2D eigenvalue weighted by molar-refractivity contribution is 14.1. The maximum absolute atomic E-state index is 12.0. The van der Waals surface area contributed by atoms with E-state index in [1.165, 1.54) is 11.0 Å². The summed E-state index contributed by atoms with van der Waals surface area (Å²) in [5.74, 6) is -0.344. The quantitative estimate of drug-likeness (QED) is 0.433. The smallest absolute Gasteiger partial charge is 0.276 e. The average molecular weight is 464 g/mol. The van der Waals surface area contributed by atoms with E-state index in [1.54, 1.807) is 36.4 Å². The molecule has 0 saturated carbocycles. The lowest BCUT2D eigenvalue weighted by Gasteiger charge is -2.09. The van der Waals surface area contributed by atoms with Crippen molar-refractivity contribution >= 4 is 34.4 Å². The number of amides is 2. The number of nitrogens with zero attached hydrogens (tertiary/aromatic N) is 4. The van der Waals surface area contributed by atoms with Crippen LogP contribution in [0.2, 0.25) is 0 Å². The van der Waals surface area contributed by atoms with Crippen molar-refractivity contribution in [3.63, 3.8) is 0 Å². The fourth-order valence-corrected chi connectivity index (χ4v) is 2.32. The second-order valence-corrected chi connectivity index (χ2v) is 6.29. The van der Waals surface area contributed by atoms with Crippen LogP contribution in [-0.4, -0.2) is 38.6 Å². The Morgan fingerprint density at radius 3 is 2.42 bits per heavy atom. The maximum atomic E-state index is 12.0. The molecular weight excluding hydrogens is 451 g/mol. The van der Waals surface area contributed by atoms with Crippen molar-refractivity contribution in [2.45, 2.75) is 0 Å². The summed E-state index contributed by atoms with van der Waals surface area (Å²) in [7, 11) is 0. The van der Waals surface area contributed by atoms with E-state index in [2.05, 4.69) is 49.0 Å². The Balaban J connectivity index is 1.47. The van der Waals surface area contributed by atoms with Gasteiger partial charge < -0.3 is 4.74 Å².